The largest absolute Gasteiger partial charge is 0.423 e. The predicted octanol–water partition coefficient (Wildman–Crippen LogP) is 3.15. The Bertz CT molecular complexity index is 757. The van der Waals surface area contributed by atoms with Gasteiger partial charge < -0.3 is 9.73 Å². The topological polar surface area (TPSA) is 80.9 Å². The molecular formula is C14H9BrN4O2. The molecule has 1 amide bonds. The van der Waals surface area contributed by atoms with E-state index in [0.717, 1.165) is 10.0 Å². The van der Waals surface area contributed by atoms with Gasteiger partial charge in [0, 0.05) is 28.1 Å². The molecular weight excluding hydrogens is 336 g/mol. The Labute approximate surface area is 128 Å². The van der Waals surface area contributed by atoms with Crippen LogP contribution in [0.2, 0.25) is 0 Å². The van der Waals surface area contributed by atoms with E-state index in [-0.39, 0.29) is 5.91 Å². The van der Waals surface area contributed by atoms with Crippen molar-refractivity contribution in [2.24, 2.45) is 0 Å². The fraction of sp³-hybridized carbons (Fsp3) is 0. The van der Waals surface area contributed by atoms with Crippen LogP contribution in [0.5, 0.6) is 0 Å². The molecule has 0 radical (unpaired) electrons. The van der Waals surface area contributed by atoms with Crippen molar-refractivity contribution in [3.05, 3.63) is 59.2 Å². The molecule has 21 heavy (non-hydrogen) atoms. The zero-order valence-corrected chi connectivity index (χ0v) is 12.2. The predicted molar refractivity (Wildman–Crippen MR) is 79.6 cm³/mol. The van der Waals surface area contributed by atoms with E-state index < -0.39 is 0 Å². The van der Waals surface area contributed by atoms with Crippen LogP contribution in [0.3, 0.4) is 0 Å². The van der Waals surface area contributed by atoms with Crippen LogP contribution < -0.4 is 5.32 Å². The van der Waals surface area contributed by atoms with E-state index >= 15 is 0 Å². The van der Waals surface area contributed by atoms with Crippen molar-refractivity contribution < 1.29 is 9.21 Å². The number of halogens is 1. The summed E-state index contributed by atoms with van der Waals surface area (Å²) in [5.74, 6) is 0.207. The van der Waals surface area contributed by atoms with Crippen molar-refractivity contribution >= 4 is 27.5 Å². The highest BCUT2D eigenvalue weighted by Gasteiger charge is 2.08. The Balaban J connectivity index is 1.75. The van der Waals surface area contributed by atoms with Crippen LogP contribution in [0.1, 0.15) is 10.4 Å². The number of hydrogen-bond donors (Lipinski definition) is 1. The molecule has 1 N–H and O–H groups in total. The van der Waals surface area contributed by atoms with Crippen molar-refractivity contribution in [1.82, 2.24) is 15.2 Å². The number of amides is 1. The van der Waals surface area contributed by atoms with Crippen molar-refractivity contribution in [1.29, 1.82) is 0 Å². The summed E-state index contributed by atoms with van der Waals surface area (Å²) in [6, 6.07) is 8.82. The summed E-state index contributed by atoms with van der Waals surface area (Å²) in [4.78, 5) is 16.0. The third-order valence-corrected chi connectivity index (χ3v) is 3.15. The van der Waals surface area contributed by atoms with Gasteiger partial charge in [-0.05, 0) is 46.3 Å². The third kappa shape index (κ3) is 3.14. The number of rotatable bonds is 3. The lowest BCUT2D eigenvalue weighted by Gasteiger charge is -2.05. The van der Waals surface area contributed by atoms with Crippen molar-refractivity contribution in [2.45, 2.75) is 0 Å². The Morgan fingerprint density at radius 1 is 1.19 bits per heavy atom. The summed E-state index contributed by atoms with van der Waals surface area (Å²) in [7, 11) is 0. The molecule has 2 aromatic heterocycles. The van der Waals surface area contributed by atoms with Crippen LogP contribution in [-0.2, 0) is 0 Å². The summed E-state index contributed by atoms with van der Waals surface area (Å²) in [6.07, 6.45) is 4.40. The molecule has 0 aliphatic rings. The SMILES string of the molecule is O=C(Nc1ccc(-c2nnco2)cc1)c1cncc(Br)c1. The molecule has 0 saturated carbocycles. The number of anilines is 1. The second-order valence-corrected chi connectivity index (χ2v) is 5.08. The lowest BCUT2D eigenvalue weighted by atomic mass is 10.2. The van der Waals surface area contributed by atoms with Crippen LogP contribution in [0.4, 0.5) is 5.69 Å². The number of hydrogen-bond acceptors (Lipinski definition) is 5. The van der Waals surface area contributed by atoms with Crippen molar-refractivity contribution in [3.63, 3.8) is 0 Å². The lowest BCUT2D eigenvalue weighted by Crippen LogP contribution is -2.12. The Morgan fingerprint density at radius 3 is 2.67 bits per heavy atom. The van der Waals surface area contributed by atoms with Gasteiger partial charge in [0.2, 0.25) is 12.3 Å². The van der Waals surface area contributed by atoms with Crippen LogP contribution in [0.25, 0.3) is 11.5 Å². The summed E-state index contributed by atoms with van der Waals surface area (Å²) in [5, 5.41) is 10.2. The van der Waals surface area contributed by atoms with E-state index in [2.05, 4.69) is 36.4 Å². The van der Waals surface area contributed by atoms with Gasteiger partial charge in [-0.15, -0.1) is 10.2 Å². The van der Waals surface area contributed by atoms with Gasteiger partial charge in [0.15, 0.2) is 0 Å². The highest BCUT2D eigenvalue weighted by Crippen LogP contribution is 2.19. The van der Waals surface area contributed by atoms with E-state index in [0.29, 0.717) is 17.1 Å². The fourth-order valence-corrected chi connectivity index (χ4v) is 2.10. The molecule has 0 aliphatic carbocycles. The maximum atomic E-state index is 12.1. The minimum Gasteiger partial charge on any atom is -0.423 e. The molecule has 0 saturated heterocycles. The van der Waals surface area contributed by atoms with E-state index in [9.17, 15) is 4.79 Å². The van der Waals surface area contributed by atoms with Gasteiger partial charge in [0.25, 0.3) is 5.91 Å². The molecule has 0 unspecified atom stereocenters. The molecule has 0 aliphatic heterocycles. The monoisotopic (exact) mass is 344 g/mol. The summed E-state index contributed by atoms with van der Waals surface area (Å²) in [5.41, 5.74) is 1.93. The first-order valence-corrected chi connectivity index (χ1v) is 6.80. The zero-order valence-electron chi connectivity index (χ0n) is 10.7. The Hall–Kier alpha value is -2.54. The average Bonchev–Trinajstić information content (AvgIpc) is 3.02. The van der Waals surface area contributed by atoms with Gasteiger partial charge >= 0.3 is 0 Å². The van der Waals surface area contributed by atoms with Crippen LogP contribution >= 0.6 is 15.9 Å². The highest BCUT2D eigenvalue weighted by atomic mass is 79.9. The standard InChI is InChI=1S/C14H9BrN4O2/c15-11-5-10(6-16-7-11)13(20)18-12-3-1-9(2-4-12)14-19-17-8-21-14/h1-8H,(H,18,20). The molecule has 1 aromatic carbocycles. The molecule has 0 fully saturated rings. The van der Waals surface area contributed by atoms with Crippen LogP contribution in [0, 0.1) is 0 Å². The molecule has 6 nitrogen and oxygen atoms in total. The number of carbonyl (C=O) groups excluding carboxylic acids is 1. The number of nitrogens with one attached hydrogen (secondary N) is 1. The van der Waals surface area contributed by atoms with Gasteiger partial charge in [0.05, 0.1) is 5.56 Å². The third-order valence-electron chi connectivity index (χ3n) is 2.72. The van der Waals surface area contributed by atoms with Gasteiger partial charge in [-0.3, -0.25) is 9.78 Å². The minimum atomic E-state index is -0.227. The Morgan fingerprint density at radius 2 is 2.00 bits per heavy atom. The molecule has 3 aromatic rings. The summed E-state index contributed by atoms with van der Waals surface area (Å²) >= 11 is 3.28. The molecule has 3 rings (SSSR count). The van der Waals surface area contributed by atoms with E-state index in [1.54, 1.807) is 36.5 Å². The first kappa shape index (κ1) is 13.4. The van der Waals surface area contributed by atoms with Crippen LogP contribution in [-0.4, -0.2) is 21.1 Å². The maximum Gasteiger partial charge on any atom is 0.257 e. The number of nitrogens with zero attached hydrogens (tertiary/aromatic N) is 3. The highest BCUT2D eigenvalue weighted by molar-refractivity contribution is 9.10. The van der Waals surface area contributed by atoms with Gasteiger partial charge in [0.1, 0.15) is 0 Å². The van der Waals surface area contributed by atoms with Gasteiger partial charge in [-0.1, -0.05) is 0 Å². The quantitative estimate of drug-likeness (QED) is 0.789. The number of benzene rings is 1. The van der Waals surface area contributed by atoms with Crippen molar-refractivity contribution in [3.8, 4) is 11.5 Å². The fourth-order valence-electron chi connectivity index (χ4n) is 1.73. The number of aromatic nitrogens is 3. The van der Waals surface area contributed by atoms with Gasteiger partial charge in [-0.2, -0.15) is 0 Å². The smallest absolute Gasteiger partial charge is 0.257 e. The van der Waals surface area contributed by atoms with E-state index in [1.165, 1.54) is 12.6 Å². The summed E-state index contributed by atoms with van der Waals surface area (Å²) < 4.78 is 5.85. The Kier molecular flexibility index (Phi) is 3.74. The first-order valence-electron chi connectivity index (χ1n) is 6.01. The van der Waals surface area contributed by atoms with Gasteiger partial charge in [-0.25, -0.2) is 0 Å². The number of carbonyl (C=O) groups is 1. The van der Waals surface area contributed by atoms with E-state index in [4.69, 9.17) is 4.42 Å². The lowest BCUT2D eigenvalue weighted by molar-refractivity contribution is 0.102. The first-order chi connectivity index (χ1) is 10.2. The second kappa shape index (κ2) is 5.84. The van der Waals surface area contributed by atoms with Crippen molar-refractivity contribution in [2.75, 3.05) is 5.32 Å². The summed E-state index contributed by atoms with van der Waals surface area (Å²) in [6.45, 7) is 0. The van der Waals surface area contributed by atoms with E-state index in [1.807, 2.05) is 0 Å². The van der Waals surface area contributed by atoms with Crippen LogP contribution in [0.15, 0.2) is 58.0 Å². The molecule has 0 spiro atoms. The normalized spacial score (nSPS) is 10.3. The number of pyridine rings is 1. The molecule has 104 valence electrons. The zero-order chi connectivity index (χ0) is 14.7. The second-order valence-electron chi connectivity index (χ2n) is 4.17. The molecule has 7 heteroatoms. The molecule has 0 atom stereocenters. The minimum absolute atomic E-state index is 0.227. The average molecular weight is 345 g/mol. The molecule has 0 bridgehead atoms. The maximum absolute atomic E-state index is 12.1. The molecule has 2 heterocycles.